The number of benzene rings is 4. The number of esters is 3. The molecule has 4 aromatic carbocycles. The van der Waals surface area contributed by atoms with Gasteiger partial charge in [-0.25, -0.2) is 4.79 Å². The average molecular weight is 1250 g/mol. The van der Waals surface area contributed by atoms with Crippen LogP contribution in [0, 0.1) is 17.8 Å². The molecule has 0 aromatic heterocycles. The first-order valence-electron chi connectivity index (χ1n) is 26.0. The molecule has 0 aliphatic carbocycles. The number of aliphatic hydroxyl groups excluding tert-OH is 2. The fourth-order valence-electron chi connectivity index (χ4n) is 5.75. The van der Waals surface area contributed by atoms with E-state index in [9.17, 15) is 38.4 Å². The molecule has 6 atom stereocenters. The van der Waals surface area contributed by atoms with Gasteiger partial charge in [0.2, 0.25) is 0 Å². The van der Waals surface area contributed by atoms with E-state index in [0.29, 0.717) is 12.8 Å². The van der Waals surface area contributed by atoms with Gasteiger partial charge in [0.25, 0.3) is 0 Å². The van der Waals surface area contributed by atoms with Crippen LogP contribution < -0.4 is 68.6 Å². The van der Waals surface area contributed by atoms with Crippen molar-refractivity contribution in [2.45, 2.75) is 159 Å². The van der Waals surface area contributed by atoms with Crippen molar-refractivity contribution >= 4 is 58.8 Å². The van der Waals surface area contributed by atoms with Crippen molar-refractivity contribution in [1.29, 1.82) is 0 Å². The van der Waals surface area contributed by atoms with Gasteiger partial charge < -0.3 is 72.3 Å². The van der Waals surface area contributed by atoms with Crippen molar-refractivity contribution in [1.82, 2.24) is 0 Å². The summed E-state index contributed by atoms with van der Waals surface area (Å²) in [5.74, 6) is -5.19. The van der Waals surface area contributed by atoms with Crippen molar-refractivity contribution < 1.29 is 145 Å². The van der Waals surface area contributed by atoms with Crippen LogP contribution in [0.3, 0.4) is 0 Å². The molecule has 0 bridgehead atoms. The summed E-state index contributed by atoms with van der Waals surface area (Å²) in [5, 5.41) is 50.0. The number of aliphatic carboxylic acids is 4. The fraction of sp³-hybridized carbons (Fsp3) is 0.475. The Balaban J connectivity index is -0.000000172. The van der Waals surface area contributed by atoms with E-state index in [-0.39, 0.29) is 210 Å². The smallest absolute Gasteiger partial charge is 0.870 e. The van der Waals surface area contributed by atoms with Crippen molar-refractivity contribution in [3.05, 3.63) is 144 Å². The molecule has 2 unspecified atom stereocenters. The largest absolute Gasteiger partial charge is 1.00 e. The monoisotopic (exact) mass is 1250 g/mol. The zero-order valence-corrected chi connectivity index (χ0v) is 52.6. The van der Waals surface area contributed by atoms with E-state index < -0.39 is 29.3 Å². The number of ether oxygens (including phenoxy) is 4. The molecule has 4 aromatic rings. The molecule has 0 spiro atoms. The van der Waals surface area contributed by atoms with E-state index in [1.807, 2.05) is 135 Å². The minimum absolute atomic E-state index is 0. The normalized spacial score (nSPS) is 11.4. The van der Waals surface area contributed by atoms with E-state index >= 15 is 0 Å². The summed E-state index contributed by atoms with van der Waals surface area (Å²) in [5.41, 5.74) is 18.5. The average Bonchev–Trinajstić information content (AvgIpc) is 3.37. The number of rotatable bonds is 26. The maximum atomic E-state index is 11.4. The maximum absolute atomic E-state index is 11.4. The third kappa shape index (κ3) is 70.7. The summed E-state index contributed by atoms with van der Waals surface area (Å²) in [6, 6.07) is 37.5. The van der Waals surface area contributed by atoms with Gasteiger partial charge in [-0.15, -0.1) is 0 Å². The summed E-state index contributed by atoms with van der Waals surface area (Å²) in [6.07, 6.45) is 1.85. The predicted molar refractivity (Wildman–Crippen MR) is 321 cm³/mol. The predicted octanol–water partition coefficient (Wildman–Crippen LogP) is 6.59. The standard InChI is InChI=1S/3C13H16O4.C8H7ClO2.C4H9NO2.2C4H11NO.2CH4.K.H2O/c3*1-10(7-12(14)15)8-13(16)17-9-11-5-3-2-4-6-11;9-8(10)11-6-7-4-2-1-3-5-7;1-3(5)2-4(6)7;2*1-4(5)2-3-6;;;;/h3*2-6,10H,7-9H2,1H3,(H,14,15);1-5H,6H2;3H,2,5H2,1H3,(H,6,7);2*4,6H,2-3,5H2,1H3;2*1H4;;1H2/q;;;;;;;;;+1;/p-1/t2*10-;;;;2*4-;;;;/m10...10..../s1. The van der Waals surface area contributed by atoms with Crippen LogP contribution in [0.2, 0.25) is 0 Å². The van der Waals surface area contributed by atoms with Gasteiger partial charge in [0.05, 0.1) is 6.42 Å². The molecule has 476 valence electrons. The number of hydrogen-bond donors (Lipinski definition) is 9. The number of carboxylic acids is 4. The molecule has 0 amide bonds. The van der Waals surface area contributed by atoms with E-state index in [1.165, 1.54) is 0 Å². The Morgan fingerprint density at radius 2 is 0.600 bits per heavy atom. The topological polar surface area (TPSA) is 403 Å². The second-order valence-corrected chi connectivity index (χ2v) is 19.0. The summed E-state index contributed by atoms with van der Waals surface area (Å²) in [6.45, 7) is 11.9. The van der Waals surface area contributed by atoms with Crippen molar-refractivity contribution in [3.63, 3.8) is 0 Å². The Hall–Kier alpha value is -5.67. The zero-order valence-electron chi connectivity index (χ0n) is 48.8. The summed E-state index contributed by atoms with van der Waals surface area (Å²) in [7, 11) is 0. The van der Waals surface area contributed by atoms with E-state index in [0.717, 1.165) is 22.3 Å². The van der Waals surface area contributed by atoms with E-state index in [4.69, 9.17) is 73.7 Å². The van der Waals surface area contributed by atoms with Gasteiger partial charge >= 0.3 is 98.6 Å². The molecule has 0 aliphatic rings. The molecule has 0 radical (unpaired) electrons. The summed E-state index contributed by atoms with van der Waals surface area (Å²) >= 11 is 4.97. The molecule has 85 heavy (non-hydrogen) atoms. The number of carbonyl (C=O) groups is 8. The third-order valence-corrected chi connectivity index (χ3v) is 9.81. The molecular formula is C61H95ClKN3O19. The van der Waals surface area contributed by atoms with Crippen molar-refractivity contribution in [2.75, 3.05) is 13.2 Å². The third-order valence-electron chi connectivity index (χ3n) is 9.70. The molecule has 0 saturated heterocycles. The molecule has 24 heteroatoms. The van der Waals surface area contributed by atoms with Crippen molar-refractivity contribution in [3.8, 4) is 0 Å². The van der Waals surface area contributed by atoms with Crippen LogP contribution in [0.1, 0.15) is 136 Å². The van der Waals surface area contributed by atoms with Gasteiger partial charge in [0, 0.05) is 81.5 Å². The maximum Gasteiger partial charge on any atom is 1.00 e. The molecule has 0 aliphatic heterocycles. The first kappa shape index (κ1) is 93.0. The van der Waals surface area contributed by atoms with Gasteiger partial charge in [-0.2, -0.15) is 0 Å². The second kappa shape index (κ2) is 61.4. The van der Waals surface area contributed by atoms with Gasteiger partial charge in [0.1, 0.15) is 26.4 Å². The second-order valence-electron chi connectivity index (χ2n) is 18.7. The Kier molecular flexibility index (Phi) is 67.2. The number of hydrogen-bond acceptors (Lipinski definition) is 18. The van der Waals surface area contributed by atoms with Crippen LogP contribution >= 0.6 is 11.6 Å². The zero-order chi connectivity index (χ0) is 62.0. The molecule has 13 N–H and O–H groups in total. The molecule has 0 heterocycles. The van der Waals surface area contributed by atoms with Gasteiger partial charge in [-0.05, 0) is 73.6 Å². The first-order chi connectivity index (χ1) is 38.2. The van der Waals surface area contributed by atoms with Crippen LogP contribution in [0.15, 0.2) is 121 Å². The summed E-state index contributed by atoms with van der Waals surface area (Å²) in [4.78, 5) is 85.3. The van der Waals surface area contributed by atoms with E-state index in [2.05, 4.69) is 4.74 Å². The Labute approximate surface area is 549 Å². The molecule has 22 nitrogen and oxygen atoms in total. The van der Waals surface area contributed by atoms with Crippen LogP contribution in [0.25, 0.3) is 0 Å². The van der Waals surface area contributed by atoms with Crippen LogP contribution in [0.4, 0.5) is 4.79 Å². The van der Waals surface area contributed by atoms with Crippen LogP contribution in [0.5, 0.6) is 0 Å². The Bertz CT molecular complexity index is 2100. The number of carboxylic acid groups (broad SMARTS) is 4. The van der Waals surface area contributed by atoms with Crippen molar-refractivity contribution in [2.24, 2.45) is 35.0 Å². The quantitative estimate of drug-likeness (QED) is 0.0138. The number of carbonyl (C=O) groups excluding carboxylic acids is 4. The van der Waals surface area contributed by atoms with E-state index in [1.54, 1.807) is 27.7 Å². The van der Waals surface area contributed by atoms with Gasteiger partial charge in [0.15, 0.2) is 0 Å². The van der Waals surface area contributed by atoms with Crippen LogP contribution in [-0.2, 0) is 78.9 Å². The number of halogens is 1. The molecule has 0 saturated carbocycles. The SMILES string of the molecule is C.C.CC(CC(=O)O)CC(=O)OCc1ccccc1.CC(N)CC(=O)O.C[C@@H](CC(=O)O)CC(=O)OCc1ccccc1.C[C@@H](N)CCO.C[C@H](CC(=O)O)CC(=O)OCc1ccccc1.C[C@H](N)CCO.O=C(Cl)OCc1ccccc1.[K+].[OH-]. The Morgan fingerprint density at radius 1 is 0.388 bits per heavy atom. The Morgan fingerprint density at radius 3 is 0.741 bits per heavy atom. The minimum atomic E-state index is -0.895. The molecule has 0 fully saturated rings. The number of nitrogens with two attached hydrogens (primary N) is 3. The molecular weight excluding hydrogens is 1150 g/mol. The summed E-state index contributed by atoms with van der Waals surface area (Å²) < 4.78 is 19.7. The molecule has 4 rings (SSSR count). The van der Waals surface area contributed by atoms with Gasteiger partial charge in [-0.3, -0.25) is 33.6 Å². The minimum Gasteiger partial charge on any atom is -0.870 e. The fourth-order valence-corrected chi connectivity index (χ4v) is 5.81. The number of aliphatic hydroxyl groups is 2. The first-order valence-corrected chi connectivity index (χ1v) is 26.4. The van der Waals surface area contributed by atoms with Gasteiger partial charge in [-0.1, -0.05) is 157 Å². The van der Waals surface area contributed by atoms with Crippen LogP contribution in [-0.4, -0.2) is 115 Å².